The second kappa shape index (κ2) is 7.09. The fraction of sp³-hybridized carbons (Fsp3) is 0.125. The van der Waals surface area contributed by atoms with E-state index < -0.39 is 5.97 Å². The van der Waals surface area contributed by atoms with Crippen molar-refractivity contribution in [3.05, 3.63) is 63.6 Å². The first-order valence-electron chi connectivity index (χ1n) is 6.45. The van der Waals surface area contributed by atoms with E-state index in [1.54, 1.807) is 36.4 Å². The number of amides is 1. The summed E-state index contributed by atoms with van der Waals surface area (Å²) in [5.74, 6) is -0.868. The van der Waals surface area contributed by atoms with Crippen molar-refractivity contribution in [1.29, 1.82) is 0 Å². The van der Waals surface area contributed by atoms with E-state index in [4.69, 9.17) is 0 Å². The van der Waals surface area contributed by atoms with Crippen molar-refractivity contribution in [1.82, 2.24) is 5.32 Å². The standard InChI is InChI=1S/C16H14BrNO4/c1-22-16(21)11-4-2-10(3-5-11)9-18-15(20)13-8-12(17)6-7-14(13)19/h2-8,19H,9H2,1H3,(H,18,20). The third-order valence-electron chi connectivity index (χ3n) is 3.03. The second-order valence-electron chi connectivity index (χ2n) is 4.53. The van der Waals surface area contributed by atoms with Crippen molar-refractivity contribution in [2.24, 2.45) is 0 Å². The van der Waals surface area contributed by atoms with Crippen LogP contribution < -0.4 is 5.32 Å². The molecule has 2 aromatic rings. The summed E-state index contributed by atoms with van der Waals surface area (Å²) in [5.41, 5.74) is 1.47. The van der Waals surface area contributed by atoms with Crippen LogP contribution in [-0.2, 0) is 11.3 Å². The van der Waals surface area contributed by atoms with Crippen LogP contribution in [0.2, 0.25) is 0 Å². The number of halogens is 1. The molecule has 5 nitrogen and oxygen atoms in total. The number of methoxy groups -OCH3 is 1. The predicted molar refractivity (Wildman–Crippen MR) is 84.8 cm³/mol. The Labute approximate surface area is 136 Å². The van der Waals surface area contributed by atoms with E-state index in [0.717, 1.165) is 5.56 Å². The third-order valence-corrected chi connectivity index (χ3v) is 3.52. The summed E-state index contributed by atoms with van der Waals surface area (Å²) in [5, 5.41) is 12.4. The van der Waals surface area contributed by atoms with Gasteiger partial charge in [-0.1, -0.05) is 28.1 Å². The van der Waals surface area contributed by atoms with Crippen molar-refractivity contribution in [2.45, 2.75) is 6.54 Å². The van der Waals surface area contributed by atoms with Gasteiger partial charge >= 0.3 is 5.97 Å². The molecule has 0 saturated heterocycles. The molecule has 0 aromatic heterocycles. The topological polar surface area (TPSA) is 75.6 Å². The quantitative estimate of drug-likeness (QED) is 0.819. The number of nitrogens with one attached hydrogen (secondary N) is 1. The summed E-state index contributed by atoms with van der Waals surface area (Å²) in [6, 6.07) is 11.4. The molecule has 0 saturated carbocycles. The Hall–Kier alpha value is -2.34. The number of phenols is 1. The first kappa shape index (κ1) is 16.0. The number of esters is 1. The Morgan fingerprint density at radius 2 is 1.86 bits per heavy atom. The van der Waals surface area contributed by atoms with Gasteiger partial charge in [0.1, 0.15) is 5.75 Å². The average Bonchev–Trinajstić information content (AvgIpc) is 2.54. The van der Waals surface area contributed by atoms with E-state index in [-0.39, 0.29) is 23.8 Å². The smallest absolute Gasteiger partial charge is 0.337 e. The van der Waals surface area contributed by atoms with Crippen LogP contribution >= 0.6 is 15.9 Å². The molecule has 0 atom stereocenters. The molecule has 0 spiro atoms. The highest BCUT2D eigenvalue weighted by molar-refractivity contribution is 9.10. The minimum Gasteiger partial charge on any atom is -0.507 e. The van der Waals surface area contributed by atoms with Crippen molar-refractivity contribution in [3.8, 4) is 5.75 Å². The maximum Gasteiger partial charge on any atom is 0.337 e. The Balaban J connectivity index is 2.02. The highest BCUT2D eigenvalue weighted by atomic mass is 79.9. The number of ether oxygens (including phenoxy) is 1. The molecule has 22 heavy (non-hydrogen) atoms. The van der Waals surface area contributed by atoms with Crippen LogP contribution in [0.4, 0.5) is 0 Å². The Bertz CT molecular complexity index is 698. The molecule has 0 unspecified atom stereocenters. The molecule has 0 fully saturated rings. The summed E-state index contributed by atoms with van der Waals surface area (Å²) >= 11 is 3.25. The number of hydrogen-bond donors (Lipinski definition) is 2. The molecule has 0 aliphatic heterocycles. The number of carbonyl (C=O) groups is 2. The van der Waals surface area contributed by atoms with Crippen LogP contribution in [0.5, 0.6) is 5.75 Å². The van der Waals surface area contributed by atoms with Crippen molar-refractivity contribution in [3.63, 3.8) is 0 Å². The molecule has 2 rings (SSSR count). The van der Waals surface area contributed by atoms with Crippen molar-refractivity contribution < 1.29 is 19.4 Å². The number of rotatable bonds is 4. The zero-order valence-electron chi connectivity index (χ0n) is 11.8. The number of hydrogen-bond acceptors (Lipinski definition) is 4. The zero-order chi connectivity index (χ0) is 16.1. The molecular weight excluding hydrogens is 350 g/mol. The molecule has 0 heterocycles. The minimum atomic E-state index is -0.408. The van der Waals surface area contributed by atoms with Gasteiger partial charge in [-0.15, -0.1) is 0 Å². The number of phenolic OH excluding ortho intramolecular Hbond substituents is 1. The Morgan fingerprint density at radius 3 is 2.50 bits per heavy atom. The van der Waals surface area contributed by atoms with Crippen LogP contribution in [0.15, 0.2) is 46.9 Å². The Kier molecular flexibility index (Phi) is 5.16. The minimum absolute atomic E-state index is 0.0817. The lowest BCUT2D eigenvalue weighted by atomic mass is 10.1. The highest BCUT2D eigenvalue weighted by Gasteiger charge is 2.11. The zero-order valence-corrected chi connectivity index (χ0v) is 13.4. The lowest BCUT2D eigenvalue weighted by molar-refractivity contribution is 0.0600. The molecule has 114 valence electrons. The molecule has 2 N–H and O–H groups in total. The van der Waals surface area contributed by atoms with Gasteiger partial charge < -0.3 is 15.2 Å². The van der Waals surface area contributed by atoms with Gasteiger partial charge in [0.15, 0.2) is 0 Å². The van der Waals surface area contributed by atoms with Crippen LogP contribution in [-0.4, -0.2) is 24.1 Å². The largest absolute Gasteiger partial charge is 0.507 e. The molecule has 6 heteroatoms. The molecule has 0 radical (unpaired) electrons. The lowest BCUT2D eigenvalue weighted by Crippen LogP contribution is -2.22. The maximum atomic E-state index is 12.0. The van der Waals surface area contributed by atoms with Crippen LogP contribution in [0, 0.1) is 0 Å². The van der Waals surface area contributed by atoms with Gasteiger partial charge in [-0.25, -0.2) is 4.79 Å². The summed E-state index contributed by atoms with van der Waals surface area (Å²) in [7, 11) is 1.32. The van der Waals surface area contributed by atoms with Gasteiger partial charge in [0, 0.05) is 11.0 Å². The molecule has 0 bridgehead atoms. The van der Waals surface area contributed by atoms with E-state index >= 15 is 0 Å². The summed E-state index contributed by atoms with van der Waals surface area (Å²) in [6.07, 6.45) is 0. The van der Waals surface area contributed by atoms with Crippen LogP contribution in [0.3, 0.4) is 0 Å². The fourth-order valence-corrected chi connectivity index (χ4v) is 2.21. The molecule has 0 aliphatic carbocycles. The van der Waals surface area contributed by atoms with E-state index in [1.807, 2.05) is 0 Å². The summed E-state index contributed by atoms with van der Waals surface area (Å²) < 4.78 is 5.32. The van der Waals surface area contributed by atoms with Crippen LogP contribution in [0.25, 0.3) is 0 Å². The van der Waals surface area contributed by atoms with Gasteiger partial charge in [0.05, 0.1) is 18.2 Å². The van der Waals surface area contributed by atoms with Crippen molar-refractivity contribution in [2.75, 3.05) is 7.11 Å². The second-order valence-corrected chi connectivity index (χ2v) is 5.45. The fourth-order valence-electron chi connectivity index (χ4n) is 1.84. The summed E-state index contributed by atoms with van der Waals surface area (Å²) in [6.45, 7) is 0.284. The number of carbonyl (C=O) groups excluding carboxylic acids is 2. The van der Waals surface area contributed by atoms with E-state index in [9.17, 15) is 14.7 Å². The van der Waals surface area contributed by atoms with Gasteiger partial charge in [-0.2, -0.15) is 0 Å². The predicted octanol–water partition coefficient (Wildman–Crippen LogP) is 2.87. The van der Waals surface area contributed by atoms with Gasteiger partial charge in [0.2, 0.25) is 0 Å². The van der Waals surface area contributed by atoms with E-state index in [1.165, 1.54) is 13.2 Å². The maximum absolute atomic E-state index is 12.0. The van der Waals surface area contributed by atoms with E-state index in [0.29, 0.717) is 10.0 Å². The first-order valence-corrected chi connectivity index (χ1v) is 7.24. The first-order chi connectivity index (χ1) is 10.5. The number of aromatic hydroxyl groups is 1. The molecular formula is C16H14BrNO4. The molecule has 2 aromatic carbocycles. The summed E-state index contributed by atoms with van der Waals surface area (Å²) in [4.78, 5) is 23.4. The highest BCUT2D eigenvalue weighted by Crippen LogP contribution is 2.21. The third kappa shape index (κ3) is 3.85. The molecule has 0 aliphatic rings. The number of benzene rings is 2. The SMILES string of the molecule is COC(=O)c1ccc(CNC(=O)c2cc(Br)ccc2O)cc1. The lowest BCUT2D eigenvalue weighted by Gasteiger charge is -2.08. The molecule has 1 amide bonds. The van der Waals surface area contributed by atoms with Crippen LogP contribution in [0.1, 0.15) is 26.3 Å². The average molecular weight is 364 g/mol. The van der Waals surface area contributed by atoms with Gasteiger partial charge in [0.25, 0.3) is 5.91 Å². The van der Waals surface area contributed by atoms with E-state index in [2.05, 4.69) is 26.0 Å². The Morgan fingerprint density at radius 1 is 1.18 bits per heavy atom. The van der Waals surface area contributed by atoms with Crippen molar-refractivity contribution >= 4 is 27.8 Å². The normalized spacial score (nSPS) is 10.1. The van der Waals surface area contributed by atoms with Gasteiger partial charge in [-0.3, -0.25) is 4.79 Å². The van der Waals surface area contributed by atoms with Gasteiger partial charge in [-0.05, 0) is 35.9 Å². The monoisotopic (exact) mass is 363 g/mol.